The summed E-state index contributed by atoms with van der Waals surface area (Å²) in [6, 6.07) is -0.912. The third-order valence-electron chi connectivity index (χ3n) is 17.4. The molecule has 1 amide bonds. The van der Waals surface area contributed by atoms with E-state index in [-0.39, 0.29) is 12.5 Å². The lowest BCUT2D eigenvalue weighted by Crippen LogP contribution is -2.45. The molecule has 0 aliphatic heterocycles. The Kier molecular flexibility index (Phi) is 67.1. The molecular weight excluding hydrogens is 1090 g/mol. The zero-order chi connectivity index (χ0) is 63.4. The van der Waals surface area contributed by atoms with Crippen LogP contribution in [0, 0.1) is 0 Å². The highest BCUT2D eigenvalue weighted by Gasteiger charge is 2.23. The highest BCUT2D eigenvalue weighted by Crippen LogP contribution is 2.38. The second-order valence-electron chi connectivity index (χ2n) is 27.3. The van der Waals surface area contributed by atoms with Gasteiger partial charge in [0.15, 0.2) is 0 Å². The number of phosphoric acid groups is 1. The Hall–Kier alpha value is -1.80. The predicted molar refractivity (Wildman–Crippen MR) is 381 cm³/mol. The van der Waals surface area contributed by atoms with Crippen LogP contribution in [0.5, 0.6) is 0 Å². The molecule has 0 radical (unpaired) electrons. The number of nitrogens with zero attached hydrogens (tertiary/aromatic N) is 1. The second kappa shape index (κ2) is 68.6. The second-order valence-corrected chi connectivity index (χ2v) is 28.7. The van der Waals surface area contributed by atoms with Crippen molar-refractivity contribution in [2.24, 2.45) is 0 Å². The van der Waals surface area contributed by atoms with Crippen LogP contribution >= 0.6 is 7.82 Å². The number of allylic oxidation sites excluding steroid dienone is 9. The maximum atomic E-state index is 13.1. The molecule has 0 rings (SSSR count). The minimum atomic E-state index is -4.62. The van der Waals surface area contributed by atoms with Crippen LogP contribution in [0.15, 0.2) is 60.8 Å². The molecule has 2 N–H and O–H groups in total. The number of amides is 1. The van der Waals surface area contributed by atoms with Crippen LogP contribution in [-0.4, -0.2) is 68.5 Å². The maximum Gasteiger partial charge on any atom is 0.268 e. The van der Waals surface area contributed by atoms with Crippen molar-refractivity contribution in [1.29, 1.82) is 0 Å². The number of carbonyl (C=O) groups excluding carboxylic acids is 1. The molecule has 0 aromatic carbocycles. The maximum absolute atomic E-state index is 13.1. The molecule has 87 heavy (non-hydrogen) atoms. The summed E-state index contributed by atoms with van der Waals surface area (Å²) in [4.78, 5) is 25.7. The fraction of sp³-hybridized carbons (Fsp3) is 0.859. The molecule has 0 saturated carbocycles. The fourth-order valence-corrected chi connectivity index (χ4v) is 12.2. The summed E-state index contributed by atoms with van der Waals surface area (Å²) in [5.74, 6) is -0.204. The Bertz CT molecular complexity index is 1600. The molecule has 0 bridgehead atoms. The highest BCUT2D eigenvalue weighted by molar-refractivity contribution is 7.45. The molecule has 0 aliphatic rings. The number of unbranched alkanes of at least 4 members (excludes halogenated alkanes) is 50. The number of phosphoric ester groups is 1. The lowest BCUT2D eigenvalue weighted by molar-refractivity contribution is -0.870. The first-order valence-electron chi connectivity index (χ1n) is 38.2. The number of nitrogens with one attached hydrogen (secondary N) is 1. The van der Waals surface area contributed by atoms with Crippen molar-refractivity contribution in [3.63, 3.8) is 0 Å². The molecule has 0 heterocycles. The Labute approximate surface area is 542 Å². The Morgan fingerprint density at radius 3 is 1.00 bits per heavy atom. The molecule has 0 aromatic heterocycles. The number of quaternary nitrogens is 1. The van der Waals surface area contributed by atoms with Crippen LogP contribution in [0.4, 0.5) is 0 Å². The van der Waals surface area contributed by atoms with Crippen LogP contribution < -0.4 is 10.2 Å². The number of likely N-dealkylation sites (N-methyl/N-ethyl adjacent to an activating group) is 1. The van der Waals surface area contributed by atoms with Crippen LogP contribution in [0.1, 0.15) is 380 Å². The van der Waals surface area contributed by atoms with E-state index < -0.39 is 26.6 Å². The number of aliphatic hydroxyl groups excluding tert-OH is 1. The molecule has 0 saturated heterocycles. The summed E-state index contributed by atoms with van der Waals surface area (Å²) in [6.45, 7) is 4.66. The van der Waals surface area contributed by atoms with Crippen molar-refractivity contribution in [1.82, 2.24) is 5.32 Å². The lowest BCUT2D eigenvalue weighted by Gasteiger charge is -2.29. The first-order chi connectivity index (χ1) is 42.5. The van der Waals surface area contributed by atoms with Gasteiger partial charge in [0.1, 0.15) is 13.2 Å². The number of hydrogen-bond donors (Lipinski definition) is 2. The summed E-state index contributed by atoms with van der Waals surface area (Å²) < 4.78 is 23.5. The van der Waals surface area contributed by atoms with Crippen molar-refractivity contribution in [2.45, 2.75) is 392 Å². The number of carbonyl (C=O) groups is 1. The molecule has 0 spiro atoms. The Morgan fingerprint density at radius 1 is 0.402 bits per heavy atom. The summed E-state index contributed by atoms with van der Waals surface area (Å²) in [5.41, 5.74) is 0. The lowest BCUT2D eigenvalue weighted by atomic mass is 10.0. The first-order valence-corrected chi connectivity index (χ1v) is 39.6. The molecule has 8 nitrogen and oxygen atoms in total. The van der Waals surface area contributed by atoms with Crippen molar-refractivity contribution < 1.29 is 32.9 Å². The van der Waals surface area contributed by atoms with Gasteiger partial charge in [-0.1, -0.05) is 357 Å². The minimum Gasteiger partial charge on any atom is -0.756 e. The van der Waals surface area contributed by atoms with E-state index in [0.29, 0.717) is 17.4 Å². The van der Waals surface area contributed by atoms with Crippen LogP contribution in [-0.2, 0) is 18.4 Å². The van der Waals surface area contributed by atoms with E-state index in [4.69, 9.17) is 9.05 Å². The Morgan fingerprint density at radius 2 is 0.678 bits per heavy atom. The van der Waals surface area contributed by atoms with Gasteiger partial charge in [0.05, 0.1) is 39.9 Å². The van der Waals surface area contributed by atoms with E-state index in [2.05, 4.69) is 67.8 Å². The number of aliphatic hydroxyl groups is 1. The van der Waals surface area contributed by atoms with E-state index in [1.165, 1.54) is 308 Å². The van der Waals surface area contributed by atoms with Gasteiger partial charge < -0.3 is 28.8 Å². The molecule has 0 aliphatic carbocycles. The molecule has 3 atom stereocenters. The zero-order valence-corrected chi connectivity index (χ0v) is 59.6. The van der Waals surface area contributed by atoms with Gasteiger partial charge in [-0.3, -0.25) is 9.36 Å². The van der Waals surface area contributed by atoms with E-state index >= 15 is 0 Å². The van der Waals surface area contributed by atoms with Crippen LogP contribution in [0.3, 0.4) is 0 Å². The number of hydrogen-bond acceptors (Lipinski definition) is 6. The monoisotopic (exact) mass is 1240 g/mol. The first kappa shape index (κ1) is 85.2. The van der Waals surface area contributed by atoms with Crippen molar-refractivity contribution in [3.05, 3.63) is 60.8 Å². The largest absolute Gasteiger partial charge is 0.756 e. The molecular formula is C78H149N2O6P. The SMILES string of the molecule is CCCCCCC/C=C\C/C=C\CCCCCCCCCCCCCCCCCCCCCCCCCCCC(=O)NC(COP(=O)([O-])OCC[N+](C)(C)C)C(O)/C=C/CC/C=C/CC/C=C/CCCCCCCCCCCCCCCCCCCC. The molecule has 3 unspecified atom stereocenters. The quantitative estimate of drug-likeness (QED) is 0.0272. The average molecular weight is 1240 g/mol. The van der Waals surface area contributed by atoms with Crippen LogP contribution in [0.2, 0.25) is 0 Å². The minimum absolute atomic E-state index is 0.00837. The molecule has 9 heteroatoms. The van der Waals surface area contributed by atoms with E-state index in [9.17, 15) is 19.4 Å². The van der Waals surface area contributed by atoms with Crippen molar-refractivity contribution in [2.75, 3.05) is 40.9 Å². The van der Waals surface area contributed by atoms with E-state index in [1.807, 2.05) is 27.2 Å². The predicted octanol–water partition coefficient (Wildman–Crippen LogP) is 24.1. The summed E-state index contributed by atoms with van der Waals surface area (Å²) in [6.07, 6.45) is 95.3. The smallest absolute Gasteiger partial charge is 0.268 e. The Balaban J connectivity index is 4.02. The highest BCUT2D eigenvalue weighted by atomic mass is 31.2. The molecule has 512 valence electrons. The molecule has 0 fully saturated rings. The summed E-state index contributed by atoms with van der Waals surface area (Å²) >= 11 is 0. The van der Waals surface area contributed by atoms with Gasteiger partial charge >= 0.3 is 0 Å². The standard InChI is InChI=1S/C78H149N2O6P/c1-6-8-10-12-14-16-18-20-22-24-26-28-30-32-34-36-37-38-39-40-41-42-43-44-46-48-50-52-54-56-58-60-62-64-66-68-70-72-78(82)79-76(75-86-87(83,84)85-74-73-80(3,4)5)77(81)71-69-67-65-63-61-59-57-55-53-51-49-47-45-35-33-31-29-27-25-23-21-19-17-15-13-11-9-7-2/h18,20,24,26,53,55,61,63,69,71,76-77,81H,6-17,19,21-23,25,27-52,54,56-60,62,64-68,70,72-75H2,1-5H3,(H-,79,82,83,84)/b20-18-,26-24-,55-53+,63-61+,71-69+. The van der Waals surface area contributed by atoms with Gasteiger partial charge in [-0.15, -0.1) is 0 Å². The van der Waals surface area contributed by atoms with E-state index in [0.717, 1.165) is 51.4 Å². The van der Waals surface area contributed by atoms with E-state index in [1.54, 1.807) is 6.08 Å². The average Bonchev–Trinajstić information content (AvgIpc) is 3.70. The summed E-state index contributed by atoms with van der Waals surface area (Å²) in [7, 11) is 1.25. The normalized spacial score (nSPS) is 13.9. The van der Waals surface area contributed by atoms with Gasteiger partial charge in [-0.05, 0) is 77.0 Å². The third-order valence-corrected chi connectivity index (χ3v) is 18.4. The van der Waals surface area contributed by atoms with Gasteiger partial charge in [-0.25, -0.2) is 0 Å². The van der Waals surface area contributed by atoms with Crippen molar-refractivity contribution in [3.8, 4) is 0 Å². The van der Waals surface area contributed by atoms with Gasteiger partial charge in [0.2, 0.25) is 5.91 Å². The fourth-order valence-electron chi connectivity index (χ4n) is 11.5. The third kappa shape index (κ3) is 71.5. The number of rotatable bonds is 71. The topological polar surface area (TPSA) is 108 Å². The van der Waals surface area contributed by atoms with Gasteiger partial charge in [0, 0.05) is 6.42 Å². The zero-order valence-electron chi connectivity index (χ0n) is 58.7. The molecule has 0 aromatic rings. The van der Waals surface area contributed by atoms with Crippen LogP contribution in [0.25, 0.3) is 0 Å². The summed E-state index contributed by atoms with van der Waals surface area (Å²) in [5, 5.41) is 14.0. The van der Waals surface area contributed by atoms with Gasteiger partial charge in [0.25, 0.3) is 7.82 Å². The van der Waals surface area contributed by atoms with Gasteiger partial charge in [-0.2, -0.15) is 0 Å². The van der Waals surface area contributed by atoms with Crippen molar-refractivity contribution >= 4 is 13.7 Å².